The second kappa shape index (κ2) is 4.66. The average Bonchev–Trinajstić information content (AvgIpc) is 2.66. The maximum absolute atomic E-state index is 8.89. The molecule has 0 aromatic carbocycles. The van der Waals surface area contributed by atoms with E-state index >= 15 is 0 Å². The molecule has 0 saturated heterocycles. The van der Waals surface area contributed by atoms with Crippen LogP contribution in [-0.2, 0) is 6.54 Å². The zero-order valence-electron chi connectivity index (χ0n) is 9.69. The molecule has 0 radical (unpaired) electrons. The van der Waals surface area contributed by atoms with Crippen molar-refractivity contribution in [2.45, 2.75) is 20.4 Å². The zero-order chi connectivity index (χ0) is 12.3. The number of rotatable bonds is 3. The number of anilines is 1. The molecular formula is C12H12N4O. The molecule has 0 aliphatic rings. The van der Waals surface area contributed by atoms with E-state index in [-0.39, 0.29) is 0 Å². The SMILES string of the molecule is Cc1nc(CNc2ncccc2C#N)oc1C. The molecule has 0 unspecified atom stereocenters. The summed E-state index contributed by atoms with van der Waals surface area (Å²) in [6, 6.07) is 5.51. The van der Waals surface area contributed by atoms with Crippen LogP contribution in [0.4, 0.5) is 5.82 Å². The predicted octanol–water partition coefficient (Wildman–Crippen LogP) is 2.17. The van der Waals surface area contributed by atoms with E-state index in [9.17, 15) is 0 Å². The van der Waals surface area contributed by atoms with E-state index in [4.69, 9.17) is 9.68 Å². The first-order valence-electron chi connectivity index (χ1n) is 5.22. The molecule has 0 saturated carbocycles. The standard InChI is InChI=1S/C12H12N4O/c1-8-9(2)17-11(16-8)7-15-12-10(6-13)4-3-5-14-12/h3-5H,7H2,1-2H3,(H,14,15). The fraction of sp³-hybridized carbons (Fsp3) is 0.250. The summed E-state index contributed by atoms with van der Waals surface area (Å²) >= 11 is 0. The van der Waals surface area contributed by atoms with Gasteiger partial charge in [-0.15, -0.1) is 0 Å². The monoisotopic (exact) mass is 228 g/mol. The van der Waals surface area contributed by atoms with Crippen LogP contribution in [0.3, 0.4) is 0 Å². The minimum Gasteiger partial charge on any atom is -0.444 e. The largest absolute Gasteiger partial charge is 0.444 e. The number of aromatic nitrogens is 2. The van der Waals surface area contributed by atoms with Crippen LogP contribution in [0, 0.1) is 25.2 Å². The van der Waals surface area contributed by atoms with Crippen LogP contribution in [0.1, 0.15) is 22.9 Å². The molecule has 0 fully saturated rings. The Labute approximate surface area is 99.1 Å². The van der Waals surface area contributed by atoms with Gasteiger partial charge in [0.2, 0.25) is 5.89 Å². The average molecular weight is 228 g/mol. The lowest BCUT2D eigenvalue weighted by atomic mass is 10.3. The van der Waals surface area contributed by atoms with Gasteiger partial charge in [0, 0.05) is 6.20 Å². The van der Waals surface area contributed by atoms with Gasteiger partial charge in [-0.25, -0.2) is 9.97 Å². The second-order valence-corrected chi connectivity index (χ2v) is 3.61. The van der Waals surface area contributed by atoms with Crippen LogP contribution in [0.25, 0.3) is 0 Å². The summed E-state index contributed by atoms with van der Waals surface area (Å²) in [6.45, 7) is 4.18. The van der Waals surface area contributed by atoms with Crippen molar-refractivity contribution in [3.8, 4) is 6.07 Å². The highest BCUT2D eigenvalue weighted by atomic mass is 16.4. The van der Waals surface area contributed by atoms with Crippen LogP contribution in [0.2, 0.25) is 0 Å². The molecule has 0 spiro atoms. The molecule has 0 bridgehead atoms. The quantitative estimate of drug-likeness (QED) is 0.871. The highest BCUT2D eigenvalue weighted by Crippen LogP contribution is 2.13. The van der Waals surface area contributed by atoms with E-state index in [0.717, 1.165) is 11.5 Å². The lowest BCUT2D eigenvalue weighted by Gasteiger charge is -2.03. The molecule has 2 aromatic heterocycles. The summed E-state index contributed by atoms with van der Waals surface area (Å²) in [5.74, 6) is 1.95. The maximum Gasteiger partial charge on any atom is 0.213 e. The molecule has 17 heavy (non-hydrogen) atoms. The van der Waals surface area contributed by atoms with E-state index in [1.807, 2.05) is 13.8 Å². The van der Waals surface area contributed by atoms with Crippen molar-refractivity contribution in [2.24, 2.45) is 0 Å². The Kier molecular flexibility index (Phi) is 3.06. The number of nitrogens with zero attached hydrogens (tertiary/aromatic N) is 3. The maximum atomic E-state index is 8.89. The minimum absolute atomic E-state index is 0.417. The first-order chi connectivity index (χ1) is 8.20. The number of oxazole rings is 1. The van der Waals surface area contributed by atoms with Crippen molar-refractivity contribution in [1.82, 2.24) is 9.97 Å². The Hall–Kier alpha value is -2.35. The summed E-state index contributed by atoms with van der Waals surface area (Å²) in [4.78, 5) is 8.33. The van der Waals surface area contributed by atoms with Gasteiger partial charge in [-0.3, -0.25) is 0 Å². The second-order valence-electron chi connectivity index (χ2n) is 3.61. The lowest BCUT2D eigenvalue weighted by Crippen LogP contribution is -2.03. The molecule has 2 heterocycles. The molecule has 0 aliphatic heterocycles. The molecule has 2 aromatic rings. The summed E-state index contributed by atoms with van der Waals surface area (Å²) in [6.07, 6.45) is 1.63. The van der Waals surface area contributed by atoms with E-state index in [2.05, 4.69) is 21.4 Å². The first kappa shape index (κ1) is 11.1. The van der Waals surface area contributed by atoms with Crippen LogP contribution in [0.5, 0.6) is 0 Å². The third-order valence-corrected chi connectivity index (χ3v) is 2.41. The van der Waals surface area contributed by atoms with Gasteiger partial charge in [-0.1, -0.05) is 0 Å². The number of hydrogen-bond acceptors (Lipinski definition) is 5. The first-order valence-corrected chi connectivity index (χ1v) is 5.22. The molecule has 86 valence electrons. The Balaban J connectivity index is 2.10. The van der Waals surface area contributed by atoms with Crippen LogP contribution >= 0.6 is 0 Å². The van der Waals surface area contributed by atoms with Crippen LogP contribution < -0.4 is 5.32 Å². The van der Waals surface area contributed by atoms with Gasteiger partial charge in [0.05, 0.1) is 17.8 Å². The van der Waals surface area contributed by atoms with Crippen molar-refractivity contribution in [2.75, 3.05) is 5.32 Å². The molecule has 2 rings (SSSR count). The molecule has 0 aliphatic carbocycles. The van der Waals surface area contributed by atoms with E-state index in [0.29, 0.717) is 23.8 Å². The number of aryl methyl sites for hydroxylation is 2. The molecule has 0 atom stereocenters. The van der Waals surface area contributed by atoms with Crippen molar-refractivity contribution >= 4 is 5.82 Å². The fourth-order valence-corrected chi connectivity index (χ4v) is 1.41. The highest BCUT2D eigenvalue weighted by Gasteiger charge is 2.07. The lowest BCUT2D eigenvalue weighted by molar-refractivity contribution is 0.478. The van der Waals surface area contributed by atoms with Gasteiger partial charge >= 0.3 is 0 Å². The van der Waals surface area contributed by atoms with Crippen molar-refractivity contribution in [3.05, 3.63) is 41.2 Å². The summed E-state index contributed by atoms with van der Waals surface area (Å²) in [5, 5.41) is 11.9. The van der Waals surface area contributed by atoms with Gasteiger partial charge in [-0.2, -0.15) is 5.26 Å². The number of hydrogen-bond donors (Lipinski definition) is 1. The van der Waals surface area contributed by atoms with Gasteiger partial charge in [0.1, 0.15) is 17.6 Å². The Morgan fingerprint density at radius 3 is 2.94 bits per heavy atom. The van der Waals surface area contributed by atoms with Crippen LogP contribution in [-0.4, -0.2) is 9.97 Å². The van der Waals surface area contributed by atoms with Gasteiger partial charge in [0.25, 0.3) is 0 Å². The topological polar surface area (TPSA) is 74.7 Å². The van der Waals surface area contributed by atoms with Gasteiger partial charge in [-0.05, 0) is 26.0 Å². The molecular weight excluding hydrogens is 216 g/mol. The van der Waals surface area contributed by atoms with Crippen LogP contribution in [0.15, 0.2) is 22.7 Å². The van der Waals surface area contributed by atoms with Gasteiger partial charge < -0.3 is 9.73 Å². The van der Waals surface area contributed by atoms with Crippen molar-refractivity contribution < 1.29 is 4.42 Å². The zero-order valence-corrected chi connectivity index (χ0v) is 9.69. The summed E-state index contributed by atoms with van der Waals surface area (Å²) in [7, 11) is 0. The van der Waals surface area contributed by atoms with Crippen molar-refractivity contribution in [1.29, 1.82) is 5.26 Å². The van der Waals surface area contributed by atoms with Gasteiger partial charge in [0.15, 0.2) is 0 Å². The molecule has 5 nitrogen and oxygen atoms in total. The van der Waals surface area contributed by atoms with Crippen molar-refractivity contribution in [3.63, 3.8) is 0 Å². The highest BCUT2D eigenvalue weighted by molar-refractivity contribution is 5.51. The summed E-state index contributed by atoms with van der Waals surface area (Å²) in [5.41, 5.74) is 1.39. The van der Waals surface area contributed by atoms with E-state index in [1.54, 1.807) is 18.3 Å². The minimum atomic E-state index is 0.417. The fourth-order valence-electron chi connectivity index (χ4n) is 1.41. The number of pyridine rings is 1. The molecule has 0 amide bonds. The Bertz CT molecular complexity index is 549. The molecule has 1 N–H and O–H groups in total. The van der Waals surface area contributed by atoms with E-state index in [1.165, 1.54) is 0 Å². The number of nitrogens with one attached hydrogen (secondary N) is 1. The Morgan fingerprint density at radius 1 is 1.47 bits per heavy atom. The Morgan fingerprint density at radius 2 is 2.29 bits per heavy atom. The number of nitriles is 1. The van der Waals surface area contributed by atoms with E-state index < -0.39 is 0 Å². The summed E-state index contributed by atoms with van der Waals surface area (Å²) < 4.78 is 5.43. The normalized spacial score (nSPS) is 9.94. The third kappa shape index (κ3) is 2.42. The predicted molar refractivity (Wildman–Crippen MR) is 62.3 cm³/mol. The molecule has 5 heteroatoms. The third-order valence-electron chi connectivity index (χ3n) is 2.41. The smallest absolute Gasteiger partial charge is 0.213 e.